The summed E-state index contributed by atoms with van der Waals surface area (Å²) >= 11 is 5.56. The van der Waals surface area contributed by atoms with Gasteiger partial charge in [0.25, 0.3) is 0 Å². The first-order chi connectivity index (χ1) is 6.61. The normalized spacial score (nSPS) is 10.6. The molecule has 0 spiro atoms. The van der Waals surface area contributed by atoms with Gasteiger partial charge in [0.2, 0.25) is 5.75 Å². The van der Waals surface area contributed by atoms with Crippen LogP contribution in [0.15, 0.2) is 6.07 Å². The number of nitro groups is 1. The summed E-state index contributed by atoms with van der Waals surface area (Å²) in [5, 5.41) is 29.1. The highest BCUT2D eigenvalue weighted by molar-refractivity contribution is 6.33. The smallest absolute Gasteiger partial charge is 0.341 e. The molecule has 0 atom stereocenters. The molecule has 14 heavy (non-hydrogen) atoms. The third-order valence-electron chi connectivity index (χ3n) is 1.70. The lowest BCUT2D eigenvalue weighted by molar-refractivity contribution is -0.384. The van der Waals surface area contributed by atoms with E-state index in [4.69, 9.17) is 11.6 Å². The maximum Gasteiger partial charge on any atom is 0.341 e. The minimum atomic E-state index is -0.758. The number of aromatic hydroxyl groups is 1. The van der Waals surface area contributed by atoms with Crippen LogP contribution in [0.5, 0.6) is 5.75 Å². The number of nitro benzene ring substituents is 1. The number of aromatic amines is 1. The fourth-order valence-corrected chi connectivity index (χ4v) is 1.30. The van der Waals surface area contributed by atoms with Gasteiger partial charge in [0.05, 0.1) is 15.5 Å². The average Bonchev–Trinajstić information content (AvgIpc) is 2.52. The van der Waals surface area contributed by atoms with Crippen LogP contribution in [-0.4, -0.2) is 25.4 Å². The molecule has 8 heteroatoms. The first kappa shape index (κ1) is 8.70. The molecule has 0 saturated heterocycles. The molecule has 0 saturated carbocycles. The average molecular weight is 215 g/mol. The standard InChI is InChI=1S/C6H3ClN4O3/c7-2-1-3-4(9-10-8-3)5(6(2)12)11(13)14/h1,12H,(H,8,9,10). The number of rotatable bonds is 1. The number of hydrogen-bond acceptors (Lipinski definition) is 5. The molecule has 1 heterocycles. The molecular formula is C6H3ClN4O3. The number of fused-ring (bicyclic) bond motifs is 1. The predicted molar refractivity (Wildman–Crippen MR) is 47.2 cm³/mol. The van der Waals surface area contributed by atoms with Crippen LogP contribution in [0.1, 0.15) is 0 Å². The summed E-state index contributed by atoms with van der Waals surface area (Å²) < 4.78 is 0. The van der Waals surface area contributed by atoms with Crippen molar-refractivity contribution in [2.24, 2.45) is 0 Å². The molecule has 2 N–H and O–H groups in total. The number of hydrogen-bond donors (Lipinski definition) is 2. The third kappa shape index (κ3) is 1.06. The van der Waals surface area contributed by atoms with Gasteiger partial charge in [-0.15, -0.1) is 5.10 Å². The summed E-state index contributed by atoms with van der Waals surface area (Å²) in [5.74, 6) is -0.599. The Balaban J connectivity index is 2.93. The Kier molecular flexibility index (Phi) is 1.74. The quantitative estimate of drug-likeness (QED) is 0.549. The van der Waals surface area contributed by atoms with E-state index in [1.54, 1.807) is 0 Å². The molecule has 1 aromatic carbocycles. The lowest BCUT2D eigenvalue weighted by atomic mass is 10.2. The van der Waals surface area contributed by atoms with E-state index in [1.807, 2.05) is 0 Å². The van der Waals surface area contributed by atoms with E-state index >= 15 is 0 Å². The number of halogens is 1. The molecule has 0 unspecified atom stereocenters. The maximum absolute atomic E-state index is 10.6. The van der Waals surface area contributed by atoms with Crippen molar-refractivity contribution in [3.8, 4) is 5.75 Å². The second kappa shape index (κ2) is 2.81. The van der Waals surface area contributed by atoms with Gasteiger partial charge in [0, 0.05) is 0 Å². The maximum atomic E-state index is 10.6. The molecule has 0 fully saturated rings. The Morgan fingerprint density at radius 1 is 1.64 bits per heavy atom. The van der Waals surface area contributed by atoms with Gasteiger partial charge in [-0.2, -0.15) is 0 Å². The fraction of sp³-hybridized carbons (Fsp3) is 0. The van der Waals surface area contributed by atoms with Crippen LogP contribution in [0.25, 0.3) is 11.0 Å². The van der Waals surface area contributed by atoms with E-state index < -0.39 is 16.4 Å². The van der Waals surface area contributed by atoms with Gasteiger partial charge in [-0.3, -0.25) is 15.2 Å². The van der Waals surface area contributed by atoms with Gasteiger partial charge in [-0.05, 0) is 6.07 Å². The molecule has 1 aromatic heterocycles. The second-order valence-corrected chi connectivity index (χ2v) is 2.93. The van der Waals surface area contributed by atoms with Gasteiger partial charge < -0.3 is 5.11 Å². The molecule has 0 amide bonds. The van der Waals surface area contributed by atoms with Gasteiger partial charge in [0.15, 0.2) is 5.52 Å². The van der Waals surface area contributed by atoms with Crippen molar-refractivity contribution < 1.29 is 10.0 Å². The van der Waals surface area contributed by atoms with E-state index in [0.717, 1.165) is 0 Å². The minimum Gasteiger partial charge on any atom is -0.501 e. The van der Waals surface area contributed by atoms with E-state index in [1.165, 1.54) is 6.07 Å². The zero-order valence-electron chi connectivity index (χ0n) is 6.56. The van der Waals surface area contributed by atoms with E-state index in [-0.39, 0.29) is 10.5 Å². The highest BCUT2D eigenvalue weighted by Crippen LogP contribution is 2.38. The van der Waals surface area contributed by atoms with E-state index in [9.17, 15) is 15.2 Å². The number of H-pyrrole nitrogens is 1. The summed E-state index contributed by atoms with van der Waals surface area (Å²) in [5.41, 5.74) is -0.252. The zero-order chi connectivity index (χ0) is 10.3. The topological polar surface area (TPSA) is 105 Å². The van der Waals surface area contributed by atoms with Gasteiger partial charge in [-0.1, -0.05) is 16.8 Å². The number of phenolic OH excluding ortho intramolecular Hbond substituents is 1. The summed E-state index contributed by atoms with van der Waals surface area (Å²) in [6, 6.07) is 1.32. The molecule has 7 nitrogen and oxygen atoms in total. The highest BCUT2D eigenvalue weighted by atomic mass is 35.5. The lowest BCUT2D eigenvalue weighted by Crippen LogP contribution is -1.91. The zero-order valence-corrected chi connectivity index (χ0v) is 7.32. The van der Waals surface area contributed by atoms with E-state index in [2.05, 4.69) is 15.4 Å². The summed E-state index contributed by atoms with van der Waals surface area (Å²) in [4.78, 5) is 9.83. The number of phenols is 1. The Morgan fingerprint density at radius 3 is 3.00 bits per heavy atom. The van der Waals surface area contributed by atoms with Crippen molar-refractivity contribution in [2.45, 2.75) is 0 Å². The molecule has 0 radical (unpaired) electrons. The van der Waals surface area contributed by atoms with Crippen LogP contribution in [0, 0.1) is 10.1 Å². The highest BCUT2D eigenvalue weighted by Gasteiger charge is 2.24. The molecule has 0 aliphatic rings. The Labute approximate surface area is 81.4 Å². The first-order valence-corrected chi connectivity index (χ1v) is 3.85. The van der Waals surface area contributed by atoms with Gasteiger partial charge >= 0.3 is 5.69 Å². The Hall–Kier alpha value is -1.89. The van der Waals surface area contributed by atoms with E-state index in [0.29, 0.717) is 5.52 Å². The van der Waals surface area contributed by atoms with Crippen LogP contribution >= 0.6 is 11.6 Å². The monoisotopic (exact) mass is 214 g/mol. The second-order valence-electron chi connectivity index (χ2n) is 2.52. The Morgan fingerprint density at radius 2 is 2.36 bits per heavy atom. The number of aromatic nitrogens is 3. The SMILES string of the molecule is O=[N+]([O-])c1c(O)c(Cl)cc2[nH]nnc12. The molecule has 0 aliphatic heterocycles. The van der Waals surface area contributed by atoms with Crippen molar-refractivity contribution in [1.82, 2.24) is 15.4 Å². The van der Waals surface area contributed by atoms with Crippen LogP contribution in [-0.2, 0) is 0 Å². The number of benzene rings is 1. The van der Waals surface area contributed by atoms with Crippen molar-refractivity contribution in [3.05, 3.63) is 21.2 Å². The third-order valence-corrected chi connectivity index (χ3v) is 1.99. The van der Waals surface area contributed by atoms with Crippen LogP contribution < -0.4 is 0 Å². The number of nitrogens with zero attached hydrogens (tertiary/aromatic N) is 3. The fourth-order valence-electron chi connectivity index (χ4n) is 1.10. The predicted octanol–water partition coefficient (Wildman–Crippen LogP) is 1.23. The first-order valence-electron chi connectivity index (χ1n) is 3.48. The lowest BCUT2D eigenvalue weighted by Gasteiger charge is -1.97. The molecule has 2 aromatic rings. The number of nitrogens with one attached hydrogen (secondary N) is 1. The molecule has 2 rings (SSSR count). The van der Waals surface area contributed by atoms with Crippen LogP contribution in [0.3, 0.4) is 0 Å². The molecule has 0 aliphatic carbocycles. The summed E-state index contributed by atoms with van der Waals surface area (Å²) in [6.07, 6.45) is 0. The van der Waals surface area contributed by atoms with Crippen molar-refractivity contribution in [1.29, 1.82) is 0 Å². The summed E-state index contributed by atoms with van der Waals surface area (Å²) in [6.45, 7) is 0. The van der Waals surface area contributed by atoms with Crippen LogP contribution in [0.4, 0.5) is 5.69 Å². The molecule has 72 valence electrons. The molecule has 0 bridgehead atoms. The van der Waals surface area contributed by atoms with Crippen molar-refractivity contribution in [2.75, 3.05) is 0 Å². The van der Waals surface area contributed by atoms with Crippen molar-refractivity contribution in [3.63, 3.8) is 0 Å². The molecular weight excluding hydrogens is 212 g/mol. The van der Waals surface area contributed by atoms with Crippen molar-refractivity contribution >= 4 is 28.3 Å². The summed E-state index contributed by atoms with van der Waals surface area (Å²) in [7, 11) is 0. The van der Waals surface area contributed by atoms with Crippen LogP contribution in [0.2, 0.25) is 5.02 Å². The largest absolute Gasteiger partial charge is 0.501 e. The Bertz CT molecular complexity index is 523. The minimum absolute atomic E-state index is 0.0168. The van der Waals surface area contributed by atoms with Gasteiger partial charge in [-0.25, -0.2) is 0 Å². The van der Waals surface area contributed by atoms with Gasteiger partial charge in [0.1, 0.15) is 0 Å².